The van der Waals surface area contributed by atoms with Crippen molar-refractivity contribution in [1.82, 2.24) is 4.90 Å². The zero-order valence-corrected chi connectivity index (χ0v) is 11.8. The van der Waals surface area contributed by atoms with Crippen molar-refractivity contribution < 1.29 is 4.74 Å². The van der Waals surface area contributed by atoms with Crippen molar-refractivity contribution in [3.05, 3.63) is 29.8 Å². The monoisotopic (exact) mass is 266 g/mol. The van der Waals surface area contributed by atoms with E-state index < -0.39 is 0 Å². The zero-order chi connectivity index (χ0) is 12.8. The van der Waals surface area contributed by atoms with Crippen LogP contribution in [0.5, 0.6) is 5.75 Å². The van der Waals surface area contributed by atoms with Gasteiger partial charge in [0.1, 0.15) is 12.4 Å². The Morgan fingerprint density at radius 1 is 1.44 bits per heavy atom. The van der Waals surface area contributed by atoms with Gasteiger partial charge in [0.05, 0.1) is 0 Å². The van der Waals surface area contributed by atoms with E-state index in [2.05, 4.69) is 23.6 Å². The molecular formula is C14H22N2OS. The molecule has 2 rings (SSSR count). The van der Waals surface area contributed by atoms with Crippen molar-refractivity contribution in [2.45, 2.75) is 18.7 Å². The Labute approximate surface area is 114 Å². The van der Waals surface area contributed by atoms with E-state index in [4.69, 9.17) is 10.5 Å². The van der Waals surface area contributed by atoms with Crippen LogP contribution in [0.25, 0.3) is 0 Å². The lowest BCUT2D eigenvalue weighted by Gasteiger charge is -2.30. The second-order valence-corrected chi connectivity index (χ2v) is 6.19. The molecule has 0 bridgehead atoms. The second-order valence-electron chi connectivity index (χ2n) is 4.64. The highest BCUT2D eigenvalue weighted by Crippen LogP contribution is 2.19. The van der Waals surface area contributed by atoms with Crippen molar-refractivity contribution in [3.8, 4) is 5.75 Å². The van der Waals surface area contributed by atoms with E-state index in [-0.39, 0.29) is 0 Å². The Morgan fingerprint density at radius 3 is 3.06 bits per heavy atom. The molecule has 1 fully saturated rings. The molecule has 4 heteroatoms. The van der Waals surface area contributed by atoms with Crippen LogP contribution in [0, 0.1) is 0 Å². The first-order chi connectivity index (χ1) is 8.79. The quantitative estimate of drug-likeness (QED) is 0.884. The maximum absolute atomic E-state index is 5.84. The second kappa shape index (κ2) is 7.02. The number of ether oxygens (including phenoxy) is 1. The van der Waals surface area contributed by atoms with Gasteiger partial charge in [-0.15, -0.1) is 0 Å². The van der Waals surface area contributed by atoms with Crippen LogP contribution in [0.15, 0.2) is 24.3 Å². The number of hydrogen-bond acceptors (Lipinski definition) is 4. The molecule has 1 aliphatic rings. The SMILES string of the molecule is CC1CN(CCOc2ccccc2CN)CCS1. The molecule has 0 saturated carbocycles. The summed E-state index contributed by atoms with van der Waals surface area (Å²) >= 11 is 2.06. The molecule has 3 nitrogen and oxygen atoms in total. The number of thioether (sulfide) groups is 1. The normalized spacial score (nSPS) is 20.9. The number of rotatable bonds is 5. The largest absolute Gasteiger partial charge is 0.492 e. The number of nitrogens with two attached hydrogens (primary N) is 1. The molecule has 1 saturated heterocycles. The average molecular weight is 266 g/mol. The van der Waals surface area contributed by atoms with Gasteiger partial charge in [-0.25, -0.2) is 0 Å². The lowest BCUT2D eigenvalue weighted by molar-refractivity contribution is 0.214. The van der Waals surface area contributed by atoms with E-state index in [1.54, 1.807) is 0 Å². The van der Waals surface area contributed by atoms with E-state index in [0.717, 1.165) is 29.7 Å². The van der Waals surface area contributed by atoms with Gasteiger partial charge < -0.3 is 10.5 Å². The fourth-order valence-electron chi connectivity index (χ4n) is 2.19. The zero-order valence-electron chi connectivity index (χ0n) is 11.0. The molecule has 1 atom stereocenters. The van der Waals surface area contributed by atoms with Crippen molar-refractivity contribution in [2.75, 3.05) is 32.0 Å². The van der Waals surface area contributed by atoms with Gasteiger partial charge in [-0.05, 0) is 6.07 Å². The summed E-state index contributed by atoms with van der Waals surface area (Å²) in [6.07, 6.45) is 0. The molecule has 0 aliphatic carbocycles. The molecule has 2 N–H and O–H groups in total. The summed E-state index contributed by atoms with van der Waals surface area (Å²) in [7, 11) is 0. The molecule has 1 aromatic carbocycles. The van der Waals surface area contributed by atoms with Crippen LogP contribution in [0.4, 0.5) is 0 Å². The molecular weight excluding hydrogens is 244 g/mol. The lowest BCUT2D eigenvalue weighted by atomic mass is 10.2. The minimum absolute atomic E-state index is 0.535. The number of para-hydroxylation sites is 1. The third-order valence-corrected chi connectivity index (χ3v) is 4.32. The fraction of sp³-hybridized carbons (Fsp3) is 0.571. The first kappa shape index (κ1) is 13.7. The van der Waals surface area contributed by atoms with Crippen LogP contribution in [-0.4, -0.2) is 42.1 Å². The van der Waals surface area contributed by atoms with Crippen LogP contribution in [0.2, 0.25) is 0 Å². The van der Waals surface area contributed by atoms with E-state index in [1.807, 2.05) is 24.3 Å². The van der Waals surface area contributed by atoms with Crippen molar-refractivity contribution in [1.29, 1.82) is 0 Å². The Morgan fingerprint density at radius 2 is 2.28 bits per heavy atom. The van der Waals surface area contributed by atoms with Gasteiger partial charge in [0.15, 0.2) is 0 Å². The van der Waals surface area contributed by atoms with Crippen LogP contribution >= 0.6 is 11.8 Å². The predicted molar refractivity (Wildman–Crippen MR) is 78.2 cm³/mol. The van der Waals surface area contributed by atoms with Crippen LogP contribution in [-0.2, 0) is 6.54 Å². The summed E-state index contributed by atoms with van der Waals surface area (Å²) < 4.78 is 5.84. The minimum Gasteiger partial charge on any atom is -0.492 e. The van der Waals surface area contributed by atoms with Crippen molar-refractivity contribution >= 4 is 11.8 Å². The molecule has 1 aromatic rings. The minimum atomic E-state index is 0.535. The maximum atomic E-state index is 5.84. The average Bonchev–Trinajstić information content (AvgIpc) is 2.39. The highest BCUT2D eigenvalue weighted by atomic mass is 32.2. The smallest absolute Gasteiger partial charge is 0.123 e. The molecule has 1 heterocycles. The van der Waals surface area contributed by atoms with E-state index in [1.165, 1.54) is 18.8 Å². The maximum Gasteiger partial charge on any atom is 0.123 e. The molecule has 0 radical (unpaired) electrons. The summed E-state index contributed by atoms with van der Waals surface area (Å²) in [6.45, 7) is 6.93. The van der Waals surface area contributed by atoms with Gasteiger partial charge in [-0.2, -0.15) is 11.8 Å². The lowest BCUT2D eigenvalue weighted by Crippen LogP contribution is -2.39. The molecule has 18 heavy (non-hydrogen) atoms. The van der Waals surface area contributed by atoms with Crippen molar-refractivity contribution in [3.63, 3.8) is 0 Å². The van der Waals surface area contributed by atoms with Gasteiger partial charge in [-0.3, -0.25) is 4.90 Å². The van der Waals surface area contributed by atoms with Crippen molar-refractivity contribution in [2.24, 2.45) is 5.73 Å². The van der Waals surface area contributed by atoms with Gasteiger partial charge in [0.2, 0.25) is 0 Å². The standard InChI is InChI=1S/C14H22N2OS/c1-12-11-16(7-9-18-12)6-8-17-14-5-3-2-4-13(14)10-15/h2-5,12H,6-11,15H2,1H3. The van der Waals surface area contributed by atoms with Gasteiger partial charge >= 0.3 is 0 Å². The third kappa shape index (κ3) is 3.90. The summed E-state index contributed by atoms with van der Waals surface area (Å²) in [5.74, 6) is 2.17. The Balaban J connectivity index is 1.77. The molecule has 100 valence electrons. The molecule has 0 spiro atoms. The van der Waals surface area contributed by atoms with Crippen LogP contribution < -0.4 is 10.5 Å². The van der Waals surface area contributed by atoms with Gasteiger partial charge in [0.25, 0.3) is 0 Å². The predicted octanol–water partition coefficient (Wildman–Crippen LogP) is 1.96. The number of benzene rings is 1. The van der Waals surface area contributed by atoms with E-state index in [9.17, 15) is 0 Å². The highest BCUT2D eigenvalue weighted by molar-refractivity contribution is 7.99. The third-order valence-electron chi connectivity index (χ3n) is 3.18. The summed E-state index contributed by atoms with van der Waals surface area (Å²) in [4.78, 5) is 2.48. The van der Waals surface area contributed by atoms with Gasteiger partial charge in [0, 0.05) is 42.7 Å². The van der Waals surface area contributed by atoms with Crippen LogP contribution in [0.3, 0.4) is 0 Å². The Kier molecular flexibility index (Phi) is 5.35. The number of hydrogen-bond donors (Lipinski definition) is 1. The topological polar surface area (TPSA) is 38.5 Å². The molecule has 0 amide bonds. The Bertz CT molecular complexity index is 373. The molecule has 1 unspecified atom stereocenters. The summed E-state index contributed by atoms with van der Waals surface area (Å²) in [5.41, 5.74) is 6.77. The number of nitrogens with zero attached hydrogens (tertiary/aromatic N) is 1. The molecule has 1 aliphatic heterocycles. The highest BCUT2D eigenvalue weighted by Gasteiger charge is 2.16. The first-order valence-corrected chi connectivity index (χ1v) is 7.59. The van der Waals surface area contributed by atoms with Gasteiger partial charge in [-0.1, -0.05) is 25.1 Å². The molecule has 0 aromatic heterocycles. The van der Waals surface area contributed by atoms with E-state index in [0.29, 0.717) is 6.54 Å². The fourth-order valence-corrected chi connectivity index (χ4v) is 3.27. The van der Waals surface area contributed by atoms with E-state index >= 15 is 0 Å². The first-order valence-electron chi connectivity index (χ1n) is 6.54. The Hall–Kier alpha value is -0.710. The summed E-state index contributed by atoms with van der Waals surface area (Å²) in [5, 5.41) is 0.745. The summed E-state index contributed by atoms with van der Waals surface area (Å²) in [6, 6.07) is 8.01. The van der Waals surface area contributed by atoms with Crippen LogP contribution in [0.1, 0.15) is 12.5 Å².